The quantitative estimate of drug-likeness (QED) is 0.460. The summed E-state index contributed by atoms with van der Waals surface area (Å²) in [5, 5.41) is 7.00. The molecule has 3 rings (SSSR count). The van der Waals surface area contributed by atoms with Crippen molar-refractivity contribution in [3.8, 4) is 5.75 Å². The lowest BCUT2D eigenvalue weighted by atomic mass is 10.1. The van der Waals surface area contributed by atoms with Gasteiger partial charge in [-0.1, -0.05) is 24.3 Å². The average molecular weight is 405 g/mol. The molecule has 0 radical (unpaired) electrons. The molecular formula is C23H23N3O4. The molecule has 30 heavy (non-hydrogen) atoms. The summed E-state index contributed by atoms with van der Waals surface area (Å²) >= 11 is 0. The molecule has 0 unspecified atom stereocenters. The minimum Gasteiger partial charge on any atom is -0.497 e. The number of furan rings is 1. The van der Waals surface area contributed by atoms with Crippen LogP contribution in [0.2, 0.25) is 0 Å². The standard InChI is InChI=1S/C23H23N3O4/c1-15(25-26-23(28)21-12-13-30-16(21)2)18-6-8-19(9-7-18)24-22(27)14-17-4-10-20(29-3)11-5-17/h4-13H,14H2,1-3H3,(H,24,27)(H,26,28)/b25-15+. The first-order valence-corrected chi connectivity index (χ1v) is 9.38. The van der Waals surface area contributed by atoms with Gasteiger partial charge in [-0.15, -0.1) is 0 Å². The van der Waals surface area contributed by atoms with E-state index >= 15 is 0 Å². The van der Waals surface area contributed by atoms with Crippen LogP contribution in [0, 0.1) is 6.92 Å². The van der Waals surface area contributed by atoms with Gasteiger partial charge >= 0.3 is 0 Å². The van der Waals surface area contributed by atoms with Crippen molar-refractivity contribution in [2.75, 3.05) is 12.4 Å². The predicted octanol–water partition coefficient (Wildman–Crippen LogP) is 3.93. The van der Waals surface area contributed by atoms with Crippen molar-refractivity contribution in [2.24, 2.45) is 5.10 Å². The molecule has 7 heteroatoms. The van der Waals surface area contributed by atoms with Gasteiger partial charge in [-0.3, -0.25) is 9.59 Å². The minimum absolute atomic E-state index is 0.110. The Labute approximate surface area is 174 Å². The van der Waals surface area contributed by atoms with Crippen molar-refractivity contribution in [3.63, 3.8) is 0 Å². The number of hydrogen-bond donors (Lipinski definition) is 2. The van der Waals surface area contributed by atoms with Crippen molar-refractivity contribution in [3.05, 3.63) is 83.3 Å². The maximum Gasteiger partial charge on any atom is 0.274 e. The van der Waals surface area contributed by atoms with Crippen LogP contribution in [0.25, 0.3) is 0 Å². The number of hydrazone groups is 1. The number of nitrogens with zero attached hydrogens (tertiary/aromatic N) is 1. The highest BCUT2D eigenvalue weighted by Gasteiger charge is 2.11. The molecular weight excluding hydrogens is 382 g/mol. The number of aryl methyl sites for hydroxylation is 1. The van der Waals surface area contributed by atoms with Crippen LogP contribution in [0.15, 0.2) is 70.4 Å². The van der Waals surface area contributed by atoms with Crippen molar-refractivity contribution < 1.29 is 18.7 Å². The first kappa shape index (κ1) is 20.9. The highest BCUT2D eigenvalue weighted by atomic mass is 16.5. The molecule has 0 saturated heterocycles. The third-order valence-corrected chi connectivity index (χ3v) is 4.54. The van der Waals surface area contributed by atoms with Crippen molar-refractivity contribution in [1.29, 1.82) is 0 Å². The summed E-state index contributed by atoms with van der Waals surface area (Å²) in [6, 6.07) is 16.2. The van der Waals surface area contributed by atoms with E-state index in [4.69, 9.17) is 9.15 Å². The van der Waals surface area contributed by atoms with Gasteiger partial charge in [0.1, 0.15) is 11.5 Å². The molecule has 2 amide bonds. The van der Waals surface area contributed by atoms with Crippen LogP contribution in [0.4, 0.5) is 5.69 Å². The fourth-order valence-electron chi connectivity index (χ4n) is 2.81. The number of carbonyl (C=O) groups is 2. The van der Waals surface area contributed by atoms with Gasteiger partial charge in [-0.2, -0.15) is 5.10 Å². The summed E-state index contributed by atoms with van der Waals surface area (Å²) in [5.74, 6) is 0.849. The van der Waals surface area contributed by atoms with Crippen molar-refractivity contribution >= 4 is 23.2 Å². The lowest BCUT2D eigenvalue weighted by Crippen LogP contribution is -2.19. The molecule has 0 bridgehead atoms. The van der Waals surface area contributed by atoms with Crippen LogP contribution in [0.1, 0.15) is 34.2 Å². The average Bonchev–Trinajstić information content (AvgIpc) is 3.18. The summed E-state index contributed by atoms with van der Waals surface area (Å²) in [7, 11) is 1.60. The molecule has 154 valence electrons. The summed E-state index contributed by atoms with van der Waals surface area (Å²) < 4.78 is 10.2. The van der Waals surface area contributed by atoms with E-state index in [1.54, 1.807) is 39.2 Å². The SMILES string of the molecule is COc1ccc(CC(=O)Nc2ccc(/C(C)=N/NC(=O)c3ccoc3C)cc2)cc1. The Morgan fingerprint density at radius 3 is 2.33 bits per heavy atom. The van der Waals surface area contributed by atoms with E-state index < -0.39 is 0 Å². The number of hydrogen-bond acceptors (Lipinski definition) is 5. The molecule has 1 aromatic heterocycles. The summed E-state index contributed by atoms with van der Waals surface area (Å²) in [5.41, 5.74) is 6.01. The largest absolute Gasteiger partial charge is 0.497 e. The van der Waals surface area contributed by atoms with Crippen LogP contribution in [0.5, 0.6) is 5.75 Å². The molecule has 2 aromatic carbocycles. The van der Waals surface area contributed by atoms with E-state index in [2.05, 4.69) is 15.8 Å². The number of rotatable bonds is 7. The number of amides is 2. The third-order valence-electron chi connectivity index (χ3n) is 4.54. The second kappa shape index (κ2) is 9.56. The van der Waals surface area contributed by atoms with E-state index in [0.29, 0.717) is 22.7 Å². The van der Waals surface area contributed by atoms with Gasteiger partial charge < -0.3 is 14.5 Å². The molecule has 0 aliphatic rings. The Morgan fingerprint density at radius 1 is 1.03 bits per heavy atom. The molecule has 2 N–H and O–H groups in total. The van der Waals surface area contributed by atoms with E-state index in [9.17, 15) is 9.59 Å². The maximum atomic E-state index is 12.3. The second-order valence-electron chi connectivity index (χ2n) is 6.68. The van der Waals surface area contributed by atoms with Gasteiger partial charge in [0.2, 0.25) is 5.91 Å². The highest BCUT2D eigenvalue weighted by Crippen LogP contribution is 2.14. The van der Waals surface area contributed by atoms with E-state index in [1.807, 2.05) is 36.4 Å². The Morgan fingerprint density at radius 2 is 1.73 bits per heavy atom. The van der Waals surface area contributed by atoms with Gasteiger partial charge in [-0.25, -0.2) is 5.43 Å². The smallest absolute Gasteiger partial charge is 0.274 e. The number of ether oxygens (including phenoxy) is 1. The zero-order valence-corrected chi connectivity index (χ0v) is 17.1. The fourth-order valence-corrected chi connectivity index (χ4v) is 2.81. The normalized spacial score (nSPS) is 11.1. The van der Waals surface area contributed by atoms with E-state index in [-0.39, 0.29) is 18.2 Å². The number of methoxy groups -OCH3 is 1. The Balaban J connectivity index is 1.56. The summed E-state index contributed by atoms with van der Waals surface area (Å²) in [4.78, 5) is 24.3. The van der Waals surface area contributed by atoms with Crippen LogP contribution >= 0.6 is 0 Å². The van der Waals surface area contributed by atoms with E-state index in [1.165, 1.54) is 6.26 Å². The van der Waals surface area contributed by atoms with Crippen LogP contribution in [-0.2, 0) is 11.2 Å². The number of anilines is 1. The predicted molar refractivity (Wildman–Crippen MR) is 115 cm³/mol. The topological polar surface area (TPSA) is 92.9 Å². The summed E-state index contributed by atoms with van der Waals surface area (Å²) in [6.07, 6.45) is 1.73. The number of benzene rings is 2. The van der Waals surface area contributed by atoms with Crippen LogP contribution in [0.3, 0.4) is 0 Å². The minimum atomic E-state index is -0.331. The molecule has 7 nitrogen and oxygen atoms in total. The monoisotopic (exact) mass is 405 g/mol. The van der Waals surface area contributed by atoms with Crippen molar-refractivity contribution in [2.45, 2.75) is 20.3 Å². The molecule has 0 fully saturated rings. The third kappa shape index (κ3) is 5.35. The van der Waals surface area contributed by atoms with Crippen LogP contribution < -0.4 is 15.5 Å². The molecule has 0 aliphatic carbocycles. The first-order valence-electron chi connectivity index (χ1n) is 9.38. The van der Waals surface area contributed by atoms with Gasteiger partial charge in [-0.05, 0) is 55.3 Å². The Bertz CT molecular complexity index is 1050. The lowest BCUT2D eigenvalue weighted by Gasteiger charge is -2.08. The fraction of sp³-hybridized carbons (Fsp3) is 0.174. The second-order valence-corrected chi connectivity index (χ2v) is 6.68. The van der Waals surface area contributed by atoms with E-state index in [0.717, 1.165) is 16.9 Å². The summed E-state index contributed by atoms with van der Waals surface area (Å²) in [6.45, 7) is 3.51. The molecule has 0 atom stereocenters. The molecule has 1 heterocycles. The molecule has 0 spiro atoms. The zero-order chi connectivity index (χ0) is 21.5. The first-order chi connectivity index (χ1) is 14.5. The van der Waals surface area contributed by atoms with Gasteiger partial charge in [0, 0.05) is 5.69 Å². The number of nitrogens with one attached hydrogen (secondary N) is 2. The molecule has 0 aliphatic heterocycles. The van der Waals surface area contributed by atoms with Gasteiger partial charge in [0.15, 0.2) is 0 Å². The zero-order valence-electron chi connectivity index (χ0n) is 17.1. The van der Waals surface area contributed by atoms with Crippen LogP contribution in [-0.4, -0.2) is 24.6 Å². The lowest BCUT2D eigenvalue weighted by molar-refractivity contribution is -0.115. The highest BCUT2D eigenvalue weighted by molar-refractivity contribution is 6.01. The Kier molecular flexibility index (Phi) is 6.64. The number of carbonyl (C=O) groups excluding carboxylic acids is 2. The van der Waals surface area contributed by atoms with Crippen molar-refractivity contribution in [1.82, 2.24) is 5.43 Å². The van der Waals surface area contributed by atoms with Gasteiger partial charge in [0.05, 0.1) is 31.1 Å². The molecule has 3 aromatic rings. The Hall–Kier alpha value is -3.87. The molecule has 0 saturated carbocycles. The van der Waals surface area contributed by atoms with Gasteiger partial charge in [0.25, 0.3) is 5.91 Å². The maximum absolute atomic E-state index is 12.3.